The van der Waals surface area contributed by atoms with Gasteiger partial charge in [-0.25, -0.2) is 0 Å². The first kappa shape index (κ1) is 12.4. The van der Waals surface area contributed by atoms with Crippen LogP contribution in [0.1, 0.15) is 40.0 Å². The summed E-state index contributed by atoms with van der Waals surface area (Å²) in [5, 5.41) is 3.63. The van der Waals surface area contributed by atoms with Gasteiger partial charge in [-0.15, -0.1) is 0 Å². The first-order valence-corrected chi connectivity index (χ1v) is 7.12. The van der Waals surface area contributed by atoms with Gasteiger partial charge in [0, 0.05) is 32.2 Å². The normalized spacial score (nSPS) is 32.2. The van der Waals surface area contributed by atoms with Crippen LogP contribution in [0.4, 0.5) is 0 Å². The molecule has 0 spiro atoms. The lowest BCUT2D eigenvalue weighted by Crippen LogP contribution is -2.37. The molecule has 0 amide bonds. The Morgan fingerprint density at radius 1 is 1.12 bits per heavy atom. The Hall–Kier alpha value is -0.0800. The number of hydrogen-bond donors (Lipinski definition) is 1. The highest BCUT2D eigenvalue weighted by atomic mass is 15.2. The molecule has 1 N–H and O–H groups in total. The first-order chi connectivity index (χ1) is 7.66. The number of fused-ring (bicyclic) bond motifs is 1. The van der Waals surface area contributed by atoms with Crippen LogP contribution in [0.3, 0.4) is 0 Å². The quantitative estimate of drug-likeness (QED) is 0.771. The number of nitrogens with one attached hydrogen (secondary N) is 1. The summed E-state index contributed by atoms with van der Waals surface area (Å²) in [4.78, 5) is 2.68. The van der Waals surface area contributed by atoms with E-state index in [-0.39, 0.29) is 0 Å². The van der Waals surface area contributed by atoms with Crippen LogP contribution in [0.2, 0.25) is 0 Å². The molecule has 16 heavy (non-hydrogen) atoms. The van der Waals surface area contributed by atoms with Gasteiger partial charge >= 0.3 is 0 Å². The lowest BCUT2D eigenvalue weighted by Gasteiger charge is -2.21. The lowest BCUT2D eigenvalue weighted by molar-refractivity contribution is 0.296. The summed E-state index contributed by atoms with van der Waals surface area (Å²) in [5.74, 6) is 2.84. The maximum atomic E-state index is 3.63. The van der Waals surface area contributed by atoms with E-state index >= 15 is 0 Å². The van der Waals surface area contributed by atoms with Crippen molar-refractivity contribution in [2.45, 2.75) is 46.1 Å². The molecule has 3 atom stereocenters. The second kappa shape index (κ2) is 5.50. The lowest BCUT2D eigenvalue weighted by atomic mass is 10.0. The summed E-state index contributed by atoms with van der Waals surface area (Å²) >= 11 is 0. The fraction of sp³-hybridized carbons (Fsp3) is 1.00. The minimum Gasteiger partial charge on any atom is -0.313 e. The topological polar surface area (TPSA) is 15.3 Å². The molecular weight excluding hydrogens is 196 g/mol. The zero-order chi connectivity index (χ0) is 11.5. The van der Waals surface area contributed by atoms with Gasteiger partial charge in [0.1, 0.15) is 0 Å². The van der Waals surface area contributed by atoms with E-state index in [0.717, 1.165) is 17.8 Å². The van der Waals surface area contributed by atoms with Crippen LogP contribution in [0.15, 0.2) is 0 Å². The van der Waals surface area contributed by atoms with Crippen LogP contribution in [0.5, 0.6) is 0 Å². The largest absolute Gasteiger partial charge is 0.313 e. The molecule has 1 heterocycles. The van der Waals surface area contributed by atoms with Gasteiger partial charge in [-0.05, 0) is 37.5 Å². The smallest absolute Gasteiger partial charge is 0.0107 e. The molecule has 1 saturated carbocycles. The Kier molecular flexibility index (Phi) is 4.26. The minimum absolute atomic E-state index is 0.655. The molecule has 1 aliphatic carbocycles. The molecule has 0 aromatic rings. The zero-order valence-corrected chi connectivity index (χ0v) is 11.2. The van der Waals surface area contributed by atoms with Crippen LogP contribution in [-0.2, 0) is 0 Å². The highest BCUT2D eigenvalue weighted by molar-refractivity contribution is 4.88. The second-order valence-electron chi connectivity index (χ2n) is 6.20. The van der Waals surface area contributed by atoms with E-state index < -0.39 is 0 Å². The summed E-state index contributed by atoms with van der Waals surface area (Å²) in [6.45, 7) is 12.0. The average molecular weight is 224 g/mol. The van der Waals surface area contributed by atoms with E-state index in [2.05, 4.69) is 31.0 Å². The van der Waals surface area contributed by atoms with Crippen LogP contribution in [0.25, 0.3) is 0 Å². The van der Waals surface area contributed by atoms with Gasteiger partial charge in [0.15, 0.2) is 0 Å². The molecular formula is C14H28N2. The minimum atomic E-state index is 0.655. The van der Waals surface area contributed by atoms with Crippen molar-refractivity contribution in [1.29, 1.82) is 0 Å². The number of likely N-dealkylation sites (tertiary alicyclic amines) is 1. The molecule has 1 saturated heterocycles. The van der Waals surface area contributed by atoms with E-state index in [9.17, 15) is 0 Å². The van der Waals surface area contributed by atoms with E-state index in [1.165, 1.54) is 45.4 Å². The van der Waals surface area contributed by atoms with E-state index in [1.54, 1.807) is 0 Å². The SMILES string of the molecule is CC(C)C(C)NCCN1CC2CCCC2C1. The zero-order valence-electron chi connectivity index (χ0n) is 11.2. The first-order valence-electron chi connectivity index (χ1n) is 7.12. The van der Waals surface area contributed by atoms with Crippen molar-refractivity contribution in [3.05, 3.63) is 0 Å². The molecule has 0 aromatic carbocycles. The van der Waals surface area contributed by atoms with Crippen molar-refractivity contribution in [2.75, 3.05) is 26.2 Å². The van der Waals surface area contributed by atoms with Gasteiger partial charge in [-0.3, -0.25) is 0 Å². The molecule has 2 heteroatoms. The Morgan fingerprint density at radius 3 is 2.31 bits per heavy atom. The van der Waals surface area contributed by atoms with Crippen LogP contribution in [0, 0.1) is 17.8 Å². The van der Waals surface area contributed by atoms with Gasteiger partial charge < -0.3 is 10.2 Å². The monoisotopic (exact) mass is 224 g/mol. The van der Waals surface area contributed by atoms with Gasteiger partial charge in [-0.2, -0.15) is 0 Å². The summed E-state index contributed by atoms with van der Waals surface area (Å²) in [7, 11) is 0. The third-order valence-electron chi connectivity index (χ3n) is 4.70. The summed E-state index contributed by atoms with van der Waals surface area (Å²) < 4.78 is 0. The number of nitrogens with zero attached hydrogens (tertiary/aromatic N) is 1. The molecule has 0 aromatic heterocycles. The number of rotatable bonds is 5. The molecule has 2 fully saturated rings. The highest BCUT2D eigenvalue weighted by Gasteiger charge is 2.35. The Bertz CT molecular complexity index is 203. The molecule has 2 nitrogen and oxygen atoms in total. The third kappa shape index (κ3) is 2.98. The van der Waals surface area contributed by atoms with Crippen LogP contribution >= 0.6 is 0 Å². The van der Waals surface area contributed by atoms with E-state index in [0.29, 0.717) is 6.04 Å². The molecule has 0 bridgehead atoms. The van der Waals surface area contributed by atoms with Gasteiger partial charge in [0.2, 0.25) is 0 Å². The molecule has 0 radical (unpaired) electrons. The Labute approximate surface area is 101 Å². The van der Waals surface area contributed by atoms with Crippen molar-refractivity contribution in [3.63, 3.8) is 0 Å². The maximum Gasteiger partial charge on any atom is 0.0107 e. The summed E-state index contributed by atoms with van der Waals surface area (Å²) in [6, 6.07) is 0.655. The molecule has 94 valence electrons. The van der Waals surface area contributed by atoms with Crippen LogP contribution in [-0.4, -0.2) is 37.1 Å². The molecule has 2 rings (SSSR count). The predicted octanol–water partition coefficient (Wildman–Crippen LogP) is 2.35. The third-order valence-corrected chi connectivity index (χ3v) is 4.70. The number of hydrogen-bond acceptors (Lipinski definition) is 2. The predicted molar refractivity (Wildman–Crippen MR) is 69.6 cm³/mol. The molecule has 1 aliphatic heterocycles. The van der Waals surface area contributed by atoms with Gasteiger partial charge in [-0.1, -0.05) is 20.3 Å². The average Bonchev–Trinajstić information content (AvgIpc) is 2.77. The van der Waals surface area contributed by atoms with Crippen molar-refractivity contribution in [2.24, 2.45) is 17.8 Å². The fourth-order valence-corrected chi connectivity index (χ4v) is 3.20. The van der Waals surface area contributed by atoms with Crippen LogP contribution < -0.4 is 5.32 Å². The standard InChI is InChI=1S/C14H28N2/c1-11(2)12(3)15-7-8-16-9-13-5-4-6-14(13)10-16/h11-15H,4-10H2,1-3H3. The van der Waals surface area contributed by atoms with Crippen molar-refractivity contribution in [1.82, 2.24) is 10.2 Å². The van der Waals surface area contributed by atoms with Crippen molar-refractivity contribution < 1.29 is 0 Å². The highest BCUT2D eigenvalue weighted by Crippen LogP contribution is 2.37. The van der Waals surface area contributed by atoms with E-state index in [1.807, 2.05) is 0 Å². The Morgan fingerprint density at radius 2 is 1.75 bits per heavy atom. The van der Waals surface area contributed by atoms with Crippen molar-refractivity contribution in [3.8, 4) is 0 Å². The van der Waals surface area contributed by atoms with Crippen molar-refractivity contribution >= 4 is 0 Å². The van der Waals surface area contributed by atoms with E-state index in [4.69, 9.17) is 0 Å². The fourth-order valence-electron chi connectivity index (χ4n) is 3.20. The maximum absolute atomic E-state index is 3.63. The summed E-state index contributed by atoms with van der Waals surface area (Å²) in [6.07, 6.45) is 4.49. The summed E-state index contributed by atoms with van der Waals surface area (Å²) in [5.41, 5.74) is 0. The Balaban J connectivity index is 1.61. The molecule has 3 unspecified atom stereocenters. The second-order valence-corrected chi connectivity index (χ2v) is 6.20. The van der Waals surface area contributed by atoms with Gasteiger partial charge in [0.05, 0.1) is 0 Å². The van der Waals surface area contributed by atoms with Gasteiger partial charge in [0.25, 0.3) is 0 Å². The molecule has 2 aliphatic rings.